The maximum absolute atomic E-state index is 12.8. The maximum Gasteiger partial charge on any atom is 0.252 e. The number of carbonyl (C=O) groups excluding carboxylic acids is 1. The predicted molar refractivity (Wildman–Crippen MR) is 92.3 cm³/mol. The Bertz CT molecular complexity index is 908. The summed E-state index contributed by atoms with van der Waals surface area (Å²) in [6.07, 6.45) is 3.72. The van der Waals surface area contributed by atoms with Gasteiger partial charge in [-0.15, -0.1) is 0 Å². The second-order valence-electron chi connectivity index (χ2n) is 6.29. The van der Waals surface area contributed by atoms with E-state index in [4.69, 9.17) is 9.15 Å². The summed E-state index contributed by atoms with van der Waals surface area (Å²) >= 11 is 0. The summed E-state index contributed by atoms with van der Waals surface area (Å²) < 4.78 is 12.7. The number of ether oxygens (including phenoxy) is 1. The lowest BCUT2D eigenvalue weighted by molar-refractivity contribution is 0.0859. The molecule has 1 aliphatic heterocycles. The van der Waals surface area contributed by atoms with E-state index in [9.17, 15) is 4.79 Å². The first-order valence-electron chi connectivity index (χ1n) is 8.41. The molecule has 0 aromatic carbocycles. The van der Waals surface area contributed by atoms with Crippen LogP contribution in [0.5, 0.6) is 0 Å². The molecule has 4 heterocycles. The number of hydrogen-bond acceptors (Lipinski definition) is 5. The molecule has 0 aliphatic carbocycles. The number of furan rings is 1. The fraction of sp³-hybridized carbons (Fsp3) is 0.389. The molecule has 0 radical (unpaired) electrons. The number of aromatic nitrogens is 3. The molecule has 0 saturated carbocycles. The monoisotopic (exact) mass is 340 g/mol. The van der Waals surface area contributed by atoms with Crippen molar-refractivity contribution >= 4 is 16.9 Å². The highest BCUT2D eigenvalue weighted by molar-refractivity contribution is 6.07. The Balaban J connectivity index is 1.73. The summed E-state index contributed by atoms with van der Waals surface area (Å²) in [7, 11) is 1.82. The minimum Gasteiger partial charge on any atom is -0.463 e. The summed E-state index contributed by atoms with van der Waals surface area (Å²) in [5.41, 5.74) is 2.61. The molecule has 1 saturated heterocycles. The normalized spacial score (nSPS) is 17.3. The quantitative estimate of drug-likeness (QED) is 0.789. The third kappa shape index (κ3) is 2.91. The molecule has 1 atom stereocenters. The molecule has 3 aromatic heterocycles. The number of hydrogen-bond donors (Lipinski definition) is 1. The van der Waals surface area contributed by atoms with Gasteiger partial charge in [-0.1, -0.05) is 0 Å². The van der Waals surface area contributed by atoms with Crippen LogP contribution in [0.2, 0.25) is 0 Å². The van der Waals surface area contributed by atoms with Gasteiger partial charge in [-0.25, -0.2) is 4.98 Å². The first-order valence-corrected chi connectivity index (χ1v) is 8.41. The summed E-state index contributed by atoms with van der Waals surface area (Å²) in [6, 6.07) is 5.39. The third-order valence-corrected chi connectivity index (χ3v) is 4.50. The molecular formula is C18H20N4O3. The average Bonchev–Trinajstić information content (AvgIpc) is 3.35. The Morgan fingerprint density at radius 3 is 3.08 bits per heavy atom. The lowest BCUT2D eigenvalue weighted by Crippen LogP contribution is -2.32. The Kier molecular flexibility index (Phi) is 4.01. The van der Waals surface area contributed by atoms with Crippen molar-refractivity contribution in [2.24, 2.45) is 7.05 Å². The molecule has 0 bridgehead atoms. The van der Waals surface area contributed by atoms with Crippen molar-refractivity contribution in [3.63, 3.8) is 0 Å². The smallest absolute Gasteiger partial charge is 0.252 e. The fourth-order valence-corrected chi connectivity index (χ4v) is 3.28. The molecule has 1 unspecified atom stereocenters. The van der Waals surface area contributed by atoms with E-state index in [2.05, 4.69) is 15.4 Å². The van der Waals surface area contributed by atoms with Crippen molar-refractivity contribution in [2.75, 3.05) is 13.2 Å². The van der Waals surface area contributed by atoms with E-state index in [1.807, 2.05) is 20.0 Å². The van der Waals surface area contributed by atoms with Crippen LogP contribution in [0.4, 0.5) is 0 Å². The Labute approximate surface area is 145 Å². The zero-order chi connectivity index (χ0) is 17.4. The molecule has 3 aromatic rings. The molecule has 25 heavy (non-hydrogen) atoms. The van der Waals surface area contributed by atoms with E-state index in [1.165, 1.54) is 0 Å². The summed E-state index contributed by atoms with van der Waals surface area (Å²) in [5, 5.41) is 8.16. The van der Waals surface area contributed by atoms with Gasteiger partial charge < -0.3 is 14.5 Å². The minimum atomic E-state index is -0.146. The van der Waals surface area contributed by atoms with Gasteiger partial charge in [0.2, 0.25) is 0 Å². The second kappa shape index (κ2) is 6.33. The lowest BCUT2D eigenvalue weighted by atomic mass is 10.1. The van der Waals surface area contributed by atoms with E-state index in [0.717, 1.165) is 30.5 Å². The Morgan fingerprint density at radius 2 is 2.36 bits per heavy atom. The summed E-state index contributed by atoms with van der Waals surface area (Å²) in [4.78, 5) is 17.5. The van der Waals surface area contributed by atoms with Gasteiger partial charge in [0.1, 0.15) is 5.69 Å². The van der Waals surface area contributed by atoms with Gasteiger partial charge >= 0.3 is 0 Å². The zero-order valence-electron chi connectivity index (χ0n) is 14.3. The van der Waals surface area contributed by atoms with Crippen LogP contribution in [0.25, 0.3) is 22.5 Å². The zero-order valence-corrected chi connectivity index (χ0v) is 14.3. The van der Waals surface area contributed by atoms with E-state index in [-0.39, 0.29) is 12.0 Å². The number of amides is 1. The number of aryl methyl sites for hydroxylation is 2. The summed E-state index contributed by atoms with van der Waals surface area (Å²) in [5.74, 6) is 0.473. The number of nitrogens with zero attached hydrogens (tertiary/aromatic N) is 3. The van der Waals surface area contributed by atoms with Gasteiger partial charge in [-0.2, -0.15) is 5.10 Å². The van der Waals surface area contributed by atoms with Crippen molar-refractivity contribution in [3.05, 3.63) is 35.7 Å². The lowest BCUT2D eigenvalue weighted by Gasteiger charge is -2.12. The first-order chi connectivity index (χ1) is 12.1. The van der Waals surface area contributed by atoms with Crippen LogP contribution >= 0.6 is 0 Å². The van der Waals surface area contributed by atoms with Gasteiger partial charge in [0.15, 0.2) is 11.4 Å². The molecule has 1 aliphatic rings. The van der Waals surface area contributed by atoms with Crippen molar-refractivity contribution in [1.29, 1.82) is 0 Å². The number of rotatable bonds is 4. The van der Waals surface area contributed by atoms with Gasteiger partial charge in [0.05, 0.1) is 29.0 Å². The second-order valence-corrected chi connectivity index (χ2v) is 6.29. The van der Waals surface area contributed by atoms with Crippen molar-refractivity contribution in [3.8, 4) is 11.5 Å². The minimum absolute atomic E-state index is 0.0980. The topological polar surface area (TPSA) is 82.2 Å². The molecule has 1 N–H and O–H groups in total. The van der Waals surface area contributed by atoms with Gasteiger partial charge in [-0.3, -0.25) is 9.48 Å². The van der Waals surface area contributed by atoms with Crippen molar-refractivity contribution < 1.29 is 13.9 Å². The van der Waals surface area contributed by atoms with Crippen LogP contribution in [-0.2, 0) is 11.8 Å². The maximum atomic E-state index is 12.8. The van der Waals surface area contributed by atoms with E-state index < -0.39 is 0 Å². The average molecular weight is 340 g/mol. The van der Waals surface area contributed by atoms with Crippen LogP contribution < -0.4 is 5.32 Å². The summed E-state index contributed by atoms with van der Waals surface area (Å²) in [6.45, 7) is 3.16. The fourth-order valence-electron chi connectivity index (χ4n) is 3.28. The number of fused-ring (bicyclic) bond motifs is 1. The molecule has 0 spiro atoms. The molecule has 130 valence electrons. The molecule has 7 nitrogen and oxygen atoms in total. The van der Waals surface area contributed by atoms with Gasteiger partial charge in [-0.05, 0) is 38.0 Å². The largest absolute Gasteiger partial charge is 0.463 e. The first kappa shape index (κ1) is 15.8. The number of pyridine rings is 1. The van der Waals surface area contributed by atoms with Crippen molar-refractivity contribution in [2.45, 2.75) is 25.9 Å². The standard InChI is InChI=1S/C18H20N4O3/c1-11-16-13(18(23)19-10-12-5-3-7-24-12)9-14(15-6-4-8-25-15)20-17(16)22(2)21-11/h4,6,8-9,12H,3,5,7,10H2,1-2H3,(H,19,23). The van der Waals surface area contributed by atoms with Gasteiger partial charge in [0, 0.05) is 20.2 Å². The Morgan fingerprint density at radius 1 is 1.48 bits per heavy atom. The Hall–Kier alpha value is -2.67. The molecule has 4 rings (SSSR count). The van der Waals surface area contributed by atoms with Crippen LogP contribution in [0, 0.1) is 6.92 Å². The molecule has 1 fully saturated rings. The predicted octanol–water partition coefficient (Wildman–Crippen LogP) is 2.45. The number of carbonyl (C=O) groups is 1. The van der Waals surface area contributed by atoms with E-state index in [0.29, 0.717) is 29.2 Å². The SMILES string of the molecule is Cc1nn(C)c2nc(-c3ccco3)cc(C(=O)NCC3CCCO3)c12. The third-order valence-electron chi connectivity index (χ3n) is 4.50. The molecule has 7 heteroatoms. The van der Waals surface area contributed by atoms with Crippen LogP contribution in [0.15, 0.2) is 28.9 Å². The van der Waals surface area contributed by atoms with E-state index in [1.54, 1.807) is 23.1 Å². The van der Waals surface area contributed by atoms with Crippen LogP contribution in [-0.4, -0.2) is 39.9 Å². The van der Waals surface area contributed by atoms with Crippen molar-refractivity contribution in [1.82, 2.24) is 20.1 Å². The number of nitrogens with one attached hydrogen (secondary N) is 1. The van der Waals surface area contributed by atoms with Crippen LogP contribution in [0.1, 0.15) is 28.9 Å². The molecular weight excluding hydrogens is 320 g/mol. The highest BCUT2D eigenvalue weighted by Gasteiger charge is 2.22. The molecule has 1 amide bonds. The van der Waals surface area contributed by atoms with Crippen LogP contribution in [0.3, 0.4) is 0 Å². The van der Waals surface area contributed by atoms with E-state index >= 15 is 0 Å². The van der Waals surface area contributed by atoms with Gasteiger partial charge in [0.25, 0.3) is 5.91 Å². The highest BCUT2D eigenvalue weighted by Crippen LogP contribution is 2.27. The highest BCUT2D eigenvalue weighted by atomic mass is 16.5.